The molecule has 5 rings (SSSR count). The molecule has 3 aliphatic rings. The maximum atomic E-state index is 14.2. The molecule has 0 saturated carbocycles. The van der Waals surface area contributed by atoms with Gasteiger partial charge in [0.1, 0.15) is 0 Å². The number of fused-ring (bicyclic) bond motifs is 3. The molecule has 1 aromatic heterocycles. The summed E-state index contributed by atoms with van der Waals surface area (Å²) >= 11 is 0. The van der Waals surface area contributed by atoms with Crippen LogP contribution in [-0.4, -0.2) is 30.6 Å². The smallest absolute Gasteiger partial charge is 0.347 e. The van der Waals surface area contributed by atoms with E-state index in [2.05, 4.69) is 0 Å². The Kier molecular flexibility index (Phi) is 3.95. The molecule has 0 unspecified atom stereocenters. The number of phenolic OH excluding ortho intramolecular Hbond substituents is 1. The van der Waals surface area contributed by atoms with Gasteiger partial charge in [-0.2, -0.15) is 0 Å². The maximum absolute atomic E-state index is 14.2. The number of allylic oxidation sites excluding steroid dienone is 6. The summed E-state index contributed by atoms with van der Waals surface area (Å²) in [7, 11) is 1.37. The number of carbonyl (C=O) groups excluding carboxylic acids is 2. The van der Waals surface area contributed by atoms with Crippen LogP contribution in [0.2, 0.25) is 0 Å². The minimum atomic E-state index is -0.916. The van der Waals surface area contributed by atoms with Gasteiger partial charge in [-0.15, -0.1) is 0 Å². The van der Waals surface area contributed by atoms with E-state index in [1.807, 2.05) is 0 Å². The van der Waals surface area contributed by atoms with Gasteiger partial charge < -0.3 is 5.11 Å². The molecule has 0 radical (unpaired) electrons. The van der Waals surface area contributed by atoms with E-state index in [9.17, 15) is 28.7 Å². The zero-order chi connectivity index (χ0) is 22.2. The van der Waals surface area contributed by atoms with Gasteiger partial charge in [0.25, 0.3) is 0 Å². The molecule has 1 aromatic carbocycles. The van der Waals surface area contributed by atoms with Crippen LogP contribution in [0.4, 0.5) is 4.39 Å². The van der Waals surface area contributed by atoms with Crippen molar-refractivity contribution in [3.8, 4) is 5.75 Å². The molecule has 2 heterocycles. The Morgan fingerprint density at radius 1 is 1.13 bits per heavy atom. The van der Waals surface area contributed by atoms with Gasteiger partial charge >= 0.3 is 11.4 Å². The summed E-state index contributed by atoms with van der Waals surface area (Å²) < 4.78 is 17.8. The number of phenols is 1. The largest absolute Gasteiger partial charge is 0.505 e. The summed E-state index contributed by atoms with van der Waals surface area (Å²) in [5.74, 6) is -3.10. The average molecular weight is 423 g/mol. The standard InChI is InChI=1S/C22H18FN3O5/c1-10-8-16(27)13-9-15-11(6-7-25-21(30)24(2)22(31)26(15)25)17(18(13)19(10)28)12-4-3-5-14(23)20(12)29/h3-6,8,15,17,29H,7,9H2,1-2H3/t15-,17-/m1/s1. The van der Waals surface area contributed by atoms with Gasteiger partial charge in [0.15, 0.2) is 23.1 Å². The number of ketones is 2. The van der Waals surface area contributed by atoms with Crippen LogP contribution < -0.4 is 11.4 Å². The Morgan fingerprint density at radius 2 is 1.87 bits per heavy atom. The highest BCUT2D eigenvalue weighted by atomic mass is 19.1. The van der Waals surface area contributed by atoms with Gasteiger partial charge in [0, 0.05) is 41.7 Å². The third-order valence-electron chi connectivity index (χ3n) is 6.35. The number of Topliss-reactive ketones (excluding diaryl/α,β-unsaturated/α-hetero) is 1. The highest BCUT2D eigenvalue weighted by Crippen LogP contribution is 2.51. The van der Waals surface area contributed by atoms with Gasteiger partial charge in [0.2, 0.25) is 0 Å². The first-order valence-electron chi connectivity index (χ1n) is 9.78. The van der Waals surface area contributed by atoms with E-state index < -0.39 is 34.9 Å². The summed E-state index contributed by atoms with van der Waals surface area (Å²) in [5, 5.41) is 10.5. The van der Waals surface area contributed by atoms with Gasteiger partial charge in [-0.05, 0) is 24.6 Å². The number of para-hydroxylation sites is 1. The van der Waals surface area contributed by atoms with E-state index in [0.29, 0.717) is 5.57 Å². The first-order chi connectivity index (χ1) is 14.7. The quantitative estimate of drug-likeness (QED) is 0.549. The number of aromatic nitrogens is 3. The predicted molar refractivity (Wildman–Crippen MR) is 107 cm³/mol. The van der Waals surface area contributed by atoms with Gasteiger partial charge in [0.05, 0.1) is 12.6 Å². The van der Waals surface area contributed by atoms with E-state index >= 15 is 0 Å². The van der Waals surface area contributed by atoms with Gasteiger partial charge in [-0.1, -0.05) is 18.2 Å². The SMILES string of the molecule is CC1=CC(=O)C2=C(C1=O)[C@@H](c1cccc(F)c1O)C1=CCn3c(=O)n(C)c(=O)n3[C@@H]1C2. The zero-order valence-electron chi connectivity index (χ0n) is 16.8. The molecular weight excluding hydrogens is 405 g/mol. The highest BCUT2D eigenvalue weighted by Gasteiger charge is 2.45. The topological polar surface area (TPSA) is 103 Å². The molecule has 2 aliphatic carbocycles. The van der Waals surface area contributed by atoms with Crippen LogP contribution in [0.3, 0.4) is 0 Å². The van der Waals surface area contributed by atoms with Crippen molar-refractivity contribution < 1.29 is 19.1 Å². The monoisotopic (exact) mass is 423 g/mol. The number of aromatic hydroxyl groups is 1. The van der Waals surface area contributed by atoms with Crippen molar-refractivity contribution in [1.29, 1.82) is 0 Å². The second kappa shape index (κ2) is 6.37. The van der Waals surface area contributed by atoms with Gasteiger partial charge in [-0.3, -0.25) is 9.59 Å². The number of benzene rings is 1. The van der Waals surface area contributed by atoms with Crippen LogP contribution >= 0.6 is 0 Å². The minimum Gasteiger partial charge on any atom is -0.505 e. The van der Waals surface area contributed by atoms with Crippen LogP contribution in [-0.2, 0) is 23.2 Å². The van der Waals surface area contributed by atoms with Gasteiger partial charge in [-0.25, -0.2) is 27.9 Å². The van der Waals surface area contributed by atoms with Crippen molar-refractivity contribution >= 4 is 11.6 Å². The molecule has 1 N–H and O–H groups in total. The summed E-state index contributed by atoms with van der Waals surface area (Å²) in [6.45, 7) is 1.61. The second-order valence-electron chi connectivity index (χ2n) is 8.00. The fraction of sp³-hybridized carbons (Fsp3) is 0.273. The second-order valence-corrected chi connectivity index (χ2v) is 8.00. The molecule has 0 spiro atoms. The molecule has 0 amide bonds. The first-order valence-corrected chi connectivity index (χ1v) is 9.78. The van der Waals surface area contributed by atoms with E-state index in [4.69, 9.17) is 0 Å². The van der Waals surface area contributed by atoms with Crippen LogP contribution in [0.25, 0.3) is 0 Å². The molecule has 2 aromatic rings. The predicted octanol–water partition coefficient (Wildman–Crippen LogP) is 1.26. The molecule has 31 heavy (non-hydrogen) atoms. The molecule has 0 bridgehead atoms. The van der Waals surface area contributed by atoms with Crippen LogP contribution in [0.15, 0.2) is 62.2 Å². The van der Waals surface area contributed by atoms with E-state index in [-0.39, 0.29) is 46.8 Å². The minimum absolute atomic E-state index is 0.0471. The Hall–Kier alpha value is -3.75. The number of rotatable bonds is 1. The fourth-order valence-electron chi connectivity index (χ4n) is 4.86. The Balaban J connectivity index is 1.82. The molecule has 8 nitrogen and oxygen atoms in total. The van der Waals surface area contributed by atoms with E-state index in [0.717, 1.165) is 10.6 Å². The molecule has 2 atom stereocenters. The zero-order valence-corrected chi connectivity index (χ0v) is 16.8. The molecule has 0 fully saturated rings. The van der Waals surface area contributed by atoms with Crippen molar-refractivity contribution in [1.82, 2.24) is 13.9 Å². The summed E-state index contributed by atoms with van der Waals surface area (Å²) in [4.78, 5) is 51.2. The number of halogens is 1. The van der Waals surface area contributed by atoms with E-state index in [1.54, 1.807) is 6.08 Å². The normalized spacial score (nSPS) is 22.5. The Labute approximate surface area is 174 Å². The van der Waals surface area contributed by atoms with Crippen molar-refractivity contribution in [2.45, 2.75) is 31.8 Å². The molecule has 9 heteroatoms. The van der Waals surface area contributed by atoms with E-state index in [1.165, 1.54) is 41.5 Å². The molecular formula is C22H18FN3O5. The fourth-order valence-corrected chi connectivity index (χ4v) is 4.86. The van der Waals surface area contributed by atoms with Crippen LogP contribution in [0.5, 0.6) is 5.75 Å². The third kappa shape index (κ3) is 2.46. The van der Waals surface area contributed by atoms with Crippen molar-refractivity contribution in [3.63, 3.8) is 0 Å². The molecule has 158 valence electrons. The maximum Gasteiger partial charge on any atom is 0.347 e. The highest BCUT2D eigenvalue weighted by molar-refractivity contribution is 6.23. The molecule has 0 saturated heterocycles. The Bertz CT molecular complexity index is 1420. The third-order valence-corrected chi connectivity index (χ3v) is 6.35. The number of carbonyl (C=O) groups is 2. The number of nitrogens with zero attached hydrogens (tertiary/aromatic N) is 3. The Morgan fingerprint density at radius 3 is 2.61 bits per heavy atom. The van der Waals surface area contributed by atoms with Crippen molar-refractivity contribution in [2.24, 2.45) is 7.05 Å². The van der Waals surface area contributed by atoms with Crippen LogP contribution in [0.1, 0.15) is 30.9 Å². The molecule has 1 aliphatic heterocycles. The lowest BCUT2D eigenvalue weighted by Crippen LogP contribution is -2.40. The van der Waals surface area contributed by atoms with Crippen LogP contribution in [0, 0.1) is 5.82 Å². The number of hydrogen-bond donors (Lipinski definition) is 1. The lowest BCUT2D eigenvalue weighted by Gasteiger charge is -2.39. The first kappa shape index (κ1) is 19.2. The average Bonchev–Trinajstić information content (AvgIpc) is 2.97. The summed E-state index contributed by atoms with van der Waals surface area (Å²) in [5.41, 5.74) is 0.326. The van der Waals surface area contributed by atoms with Crippen molar-refractivity contribution in [3.05, 3.63) is 85.0 Å². The summed E-state index contributed by atoms with van der Waals surface area (Å²) in [6, 6.07) is 3.30. The van der Waals surface area contributed by atoms with Crippen molar-refractivity contribution in [2.75, 3.05) is 0 Å². The number of hydrogen-bond acceptors (Lipinski definition) is 5. The summed E-state index contributed by atoms with van der Waals surface area (Å²) in [6.07, 6.45) is 3.02. The lowest BCUT2D eigenvalue weighted by atomic mass is 9.67. The lowest BCUT2D eigenvalue weighted by molar-refractivity contribution is -0.116.